The van der Waals surface area contributed by atoms with Crippen molar-refractivity contribution in [2.45, 2.75) is 40.5 Å². The van der Waals surface area contributed by atoms with Gasteiger partial charge in [-0.2, -0.15) is 0 Å². The summed E-state index contributed by atoms with van der Waals surface area (Å²) in [4.78, 5) is 0. The van der Waals surface area contributed by atoms with Gasteiger partial charge in [-0.1, -0.05) is 27.7 Å². The van der Waals surface area contributed by atoms with E-state index < -0.39 is 0 Å². The molecule has 0 spiro atoms. The molecule has 0 N–H and O–H groups in total. The van der Waals surface area contributed by atoms with Crippen LogP contribution in [0.3, 0.4) is 0 Å². The number of hydrogen-bond donors (Lipinski definition) is 0. The molecule has 0 rings (SSSR count). The van der Waals surface area contributed by atoms with Crippen LogP contribution < -0.4 is 0 Å². The van der Waals surface area contributed by atoms with Crippen molar-refractivity contribution < 1.29 is 0 Å². The SMILES string of the molecule is CC(C)CCPCCC(C)C.Cl. The molecule has 0 aliphatic carbocycles. The largest absolute Gasteiger partial charge is 0.147 e. The Morgan fingerprint density at radius 3 is 1.42 bits per heavy atom. The summed E-state index contributed by atoms with van der Waals surface area (Å²) in [5.41, 5.74) is 0. The Bertz CT molecular complexity index is 71.9. The molecular formula is C10H24ClP. The number of hydrogen-bond acceptors (Lipinski definition) is 0. The molecule has 0 saturated carbocycles. The van der Waals surface area contributed by atoms with Gasteiger partial charge in [0, 0.05) is 0 Å². The first-order valence-corrected chi connectivity index (χ1v) is 6.25. The summed E-state index contributed by atoms with van der Waals surface area (Å²) in [6, 6.07) is 0. The third-order valence-corrected chi connectivity index (χ3v) is 3.08. The van der Waals surface area contributed by atoms with Gasteiger partial charge >= 0.3 is 0 Å². The Kier molecular flexibility index (Phi) is 12.4. The van der Waals surface area contributed by atoms with Gasteiger partial charge in [-0.3, -0.25) is 0 Å². The van der Waals surface area contributed by atoms with E-state index in [2.05, 4.69) is 27.7 Å². The van der Waals surface area contributed by atoms with Gasteiger partial charge in [-0.25, -0.2) is 0 Å². The van der Waals surface area contributed by atoms with Crippen LogP contribution in [0.5, 0.6) is 0 Å². The van der Waals surface area contributed by atoms with Crippen molar-refractivity contribution in [1.29, 1.82) is 0 Å². The number of halogens is 1. The zero-order chi connectivity index (χ0) is 8.69. The Hall–Kier alpha value is 0.720. The molecular weight excluding hydrogens is 187 g/mol. The van der Waals surface area contributed by atoms with E-state index in [4.69, 9.17) is 0 Å². The maximum absolute atomic E-state index is 2.31. The van der Waals surface area contributed by atoms with Crippen molar-refractivity contribution in [2.24, 2.45) is 11.8 Å². The molecule has 0 bridgehead atoms. The van der Waals surface area contributed by atoms with Gasteiger partial charge in [0.15, 0.2) is 0 Å². The molecule has 0 aromatic heterocycles. The summed E-state index contributed by atoms with van der Waals surface area (Å²) in [6.45, 7) is 9.25. The standard InChI is InChI=1S/C10H23P.ClH/c1-9(2)5-7-11-8-6-10(3)4;/h9-11H,5-8H2,1-4H3;1H. The molecule has 76 valence electrons. The predicted octanol–water partition coefficient (Wildman–Crippen LogP) is 4.18. The minimum atomic E-state index is 0. The maximum atomic E-state index is 2.31. The third kappa shape index (κ3) is 13.3. The molecule has 0 fully saturated rings. The lowest BCUT2D eigenvalue weighted by Crippen LogP contribution is -1.92. The van der Waals surface area contributed by atoms with Crippen molar-refractivity contribution in [3.05, 3.63) is 0 Å². The molecule has 0 unspecified atom stereocenters. The van der Waals surface area contributed by atoms with E-state index in [0.29, 0.717) is 0 Å². The lowest BCUT2D eigenvalue weighted by molar-refractivity contribution is 0.621. The summed E-state index contributed by atoms with van der Waals surface area (Å²) in [7, 11) is 1.22. The number of rotatable bonds is 6. The highest BCUT2D eigenvalue weighted by atomic mass is 35.5. The molecule has 0 saturated heterocycles. The van der Waals surface area contributed by atoms with E-state index in [1.165, 1.54) is 33.7 Å². The topological polar surface area (TPSA) is 0 Å². The van der Waals surface area contributed by atoms with Gasteiger partial charge in [0.2, 0.25) is 0 Å². The first kappa shape index (κ1) is 15.2. The van der Waals surface area contributed by atoms with Crippen LogP contribution in [0.4, 0.5) is 0 Å². The fourth-order valence-electron chi connectivity index (χ4n) is 0.906. The van der Waals surface area contributed by atoms with E-state index in [1.54, 1.807) is 0 Å². The van der Waals surface area contributed by atoms with Crippen LogP contribution in [-0.2, 0) is 0 Å². The second-order valence-corrected chi connectivity index (χ2v) is 5.62. The van der Waals surface area contributed by atoms with E-state index in [-0.39, 0.29) is 12.4 Å². The van der Waals surface area contributed by atoms with Crippen LogP contribution in [0, 0.1) is 11.8 Å². The van der Waals surface area contributed by atoms with E-state index in [1.807, 2.05) is 0 Å². The first-order valence-electron chi connectivity index (χ1n) is 4.83. The van der Waals surface area contributed by atoms with Crippen LogP contribution >= 0.6 is 21.0 Å². The molecule has 0 aromatic rings. The summed E-state index contributed by atoms with van der Waals surface area (Å²) in [5, 5.41) is 0. The monoisotopic (exact) mass is 210 g/mol. The summed E-state index contributed by atoms with van der Waals surface area (Å²) in [6.07, 6.45) is 5.78. The highest BCUT2D eigenvalue weighted by Gasteiger charge is 1.95. The smallest absolute Gasteiger partial charge is 0.0351 e. The molecule has 0 radical (unpaired) electrons. The minimum absolute atomic E-state index is 0. The molecule has 2 heteroatoms. The van der Waals surface area contributed by atoms with Crippen molar-refractivity contribution >= 4 is 21.0 Å². The van der Waals surface area contributed by atoms with Crippen LogP contribution in [0.25, 0.3) is 0 Å². The second-order valence-electron chi connectivity index (χ2n) is 4.12. The Morgan fingerprint density at radius 2 is 1.17 bits per heavy atom. The third-order valence-electron chi connectivity index (χ3n) is 1.80. The van der Waals surface area contributed by atoms with E-state index >= 15 is 0 Å². The highest BCUT2D eigenvalue weighted by Crippen LogP contribution is 2.18. The van der Waals surface area contributed by atoms with E-state index in [9.17, 15) is 0 Å². The van der Waals surface area contributed by atoms with Gasteiger partial charge in [0.1, 0.15) is 0 Å². The normalized spacial score (nSPS) is 10.5. The predicted molar refractivity (Wildman–Crippen MR) is 64.2 cm³/mol. The van der Waals surface area contributed by atoms with Crippen molar-refractivity contribution in [1.82, 2.24) is 0 Å². The molecule has 0 atom stereocenters. The quantitative estimate of drug-likeness (QED) is 0.456. The van der Waals surface area contributed by atoms with Crippen LogP contribution in [0.15, 0.2) is 0 Å². The Labute approximate surface area is 86.1 Å². The molecule has 0 aliphatic heterocycles. The van der Waals surface area contributed by atoms with Crippen LogP contribution in [-0.4, -0.2) is 12.3 Å². The zero-order valence-corrected chi connectivity index (χ0v) is 10.7. The lowest BCUT2D eigenvalue weighted by atomic mass is 10.2. The fourth-order valence-corrected chi connectivity index (χ4v) is 2.72. The molecule has 0 aromatic carbocycles. The van der Waals surface area contributed by atoms with Gasteiger partial charge in [-0.05, 0) is 37.0 Å². The van der Waals surface area contributed by atoms with Crippen LogP contribution in [0.1, 0.15) is 40.5 Å². The highest BCUT2D eigenvalue weighted by molar-refractivity contribution is 7.37. The van der Waals surface area contributed by atoms with Gasteiger partial charge in [0.05, 0.1) is 0 Å². The Balaban J connectivity index is 0. The van der Waals surface area contributed by atoms with E-state index in [0.717, 1.165) is 11.8 Å². The lowest BCUT2D eigenvalue weighted by Gasteiger charge is -2.05. The molecule has 12 heavy (non-hydrogen) atoms. The van der Waals surface area contributed by atoms with Gasteiger partial charge < -0.3 is 0 Å². The second kappa shape index (κ2) is 9.81. The van der Waals surface area contributed by atoms with Gasteiger partial charge in [0.25, 0.3) is 0 Å². The van der Waals surface area contributed by atoms with Crippen molar-refractivity contribution in [3.63, 3.8) is 0 Å². The van der Waals surface area contributed by atoms with Crippen molar-refractivity contribution in [2.75, 3.05) is 12.3 Å². The first-order chi connectivity index (χ1) is 5.13. The summed E-state index contributed by atoms with van der Waals surface area (Å²) in [5.74, 6) is 1.81. The fraction of sp³-hybridized carbons (Fsp3) is 1.00. The average Bonchev–Trinajstić information content (AvgIpc) is 1.85. The molecule has 0 nitrogen and oxygen atoms in total. The van der Waals surface area contributed by atoms with Gasteiger partial charge in [-0.15, -0.1) is 21.0 Å². The Morgan fingerprint density at radius 1 is 0.833 bits per heavy atom. The molecule has 0 aliphatic rings. The zero-order valence-electron chi connectivity index (χ0n) is 8.89. The average molecular weight is 211 g/mol. The molecule has 0 heterocycles. The minimum Gasteiger partial charge on any atom is -0.147 e. The summed E-state index contributed by atoms with van der Waals surface area (Å²) < 4.78 is 0. The van der Waals surface area contributed by atoms with Crippen molar-refractivity contribution in [3.8, 4) is 0 Å². The van der Waals surface area contributed by atoms with Crippen LogP contribution in [0.2, 0.25) is 0 Å². The summed E-state index contributed by atoms with van der Waals surface area (Å²) >= 11 is 0. The molecule has 0 amide bonds. The maximum Gasteiger partial charge on any atom is -0.0351 e.